The number of aromatic nitrogens is 1. The molecule has 0 aliphatic rings. The van der Waals surface area contributed by atoms with Gasteiger partial charge in [0.1, 0.15) is 0 Å². The van der Waals surface area contributed by atoms with E-state index in [1.165, 1.54) is 17.3 Å². The van der Waals surface area contributed by atoms with Crippen molar-refractivity contribution in [1.29, 1.82) is 0 Å². The van der Waals surface area contributed by atoms with Gasteiger partial charge in [-0.1, -0.05) is 30.0 Å². The van der Waals surface area contributed by atoms with E-state index in [0.29, 0.717) is 0 Å². The molecular weight excluding hydrogens is 246 g/mol. The third kappa shape index (κ3) is 2.63. The highest BCUT2D eigenvalue weighted by Gasteiger charge is 2.07. The number of amides is 1. The molecule has 0 spiro atoms. The first-order chi connectivity index (χ1) is 8.61. The van der Waals surface area contributed by atoms with Gasteiger partial charge in [-0.25, -0.2) is 10.8 Å². The molecule has 18 heavy (non-hydrogen) atoms. The second kappa shape index (κ2) is 5.37. The molecule has 0 bridgehead atoms. The Hall–Kier alpha value is -1.59. The molecule has 2 rings (SSSR count). The van der Waals surface area contributed by atoms with Gasteiger partial charge in [0.2, 0.25) is 5.91 Å². The highest BCUT2D eigenvalue weighted by atomic mass is 32.2. The lowest BCUT2D eigenvalue weighted by Crippen LogP contribution is -2.31. The maximum absolute atomic E-state index is 11.1. The van der Waals surface area contributed by atoms with Crippen LogP contribution in [0.15, 0.2) is 29.3 Å². The lowest BCUT2D eigenvalue weighted by Gasteiger charge is -2.07. The second-order valence-corrected chi connectivity index (χ2v) is 5.10. The van der Waals surface area contributed by atoms with Crippen molar-refractivity contribution in [3.05, 3.63) is 35.4 Å². The summed E-state index contributed by atoms with van der Waals surface area (Å²) >= 11 is 1.39. The molecule has 0 saturated heterocycles. The van der Waals surface area contributed by atoms with Crippen molar-refractivity contribution in [3.8, 4) is 0 Å². The molecule has 1 amide bonds. The standard InChI is InChI=1S/C13H15N3OS/c1-8-4-3-5-10-9(2)6-12(15-13(8)10)18-7-11(17)16-14/h3-6H,7,14H2,1-2H3,(H,16,17). The van der Waals surface area contributed by atoms with E-state index in [9.17, 15) is 4.79 Å². The van der Waals surface area contributed by atoms with Gasteiger partial charge in [0.05, 0.1) is 16.3 Å². The third-order valence-electron chi connectivity index (χ3n) is 2.74. The van der Waals surface area contributed by atoms with Crippen LogP contribution in [0.25, 0.3) is 10.9 Å². The fourth-order valence-electron chi connectivity index (χ4n) is 1.79. The number of rotatable bonds is 3. The number of para-hydroxylation sites is 1. The fraction of sp³-hybridized carbons (Fsp3) is 0.231. The molecule has 0 fully saturated rings. The Bertz CT molecular complexity index is 598. The summed E-state index contributed by atoms with van der Waals surface area (Å²) in [5.74, 6) is 5.12. The average molecular weight is 261 g/mol. The number of benzene rings is 1. The molecule has 0 aliphatic heterocycles. The van der Waals surface area contributed by atoms with Crippen LogP contribution in [0.2, 0.25) is 0 Å². The Labute approximate surface area is 110 Å². The zero-order valence-corrected chi connectivity index (χ0v) is 11.2. The summed E-state index contributed by atoms with van der Waals surface area (Å²) in [7, 11) is 0. The second-order valence-electron chi connectivity index (χ2n) is 4.10. The molecule has 1 heterocycles. The van der Waals surface area contributed by atoms with E-state index in [-0.39, 0.29) is 11.7 Å². The number of fused-ring (bicyclic) bond motifs is 1. The summed E-state index contributed by atoms with van der Waals surface area (Å²) in [4.78, 5) is 15.7. The van der Waals surface area contributed by atoms with Gasteiger partial charge >= 0.3 is 0 Å². The van der Waals surface area contributed by atoms with E-state index in [0.717, 1.165) is 21.5 Å². The molecule has 2 aromatic rings. The number of nitrogens with one attached hydrogen (secondary N) is 1. The van der Waals surface area contributed by atoms with Crippen LogP contribution < -0.4 is 11.3 Å². The van der Waals surface area contributed by atoms with Gasteiger partial charge in [0.25, 0.3) is 0 Å². The average Bonchev–Trinajstić information content (AvgIpc) is 2.37. The van der Waals surface area contributed by atoms with E-state index < -0.39 is 0 Å². The van der Waals surface area contributed by atoms with E-state index >= 15 is 0 Å². The fourth-order valence-corrected chi connectivity index (χ4v) is 2.56. The number of thioether (sulfide) groups is 1. The summed E-state index contributed by atoms with van der Waals surface area (Å²) in [6.45, 7) is 4.09. The first-order valence-electron chi connectivity index (χ1n) is 5.61. The van der Waals surface area contributed by atoms with Gasteiger partial charge in [-0.3, -0.25) is 10.2 Å². The Balaban J connectivity index is 2.36. The van der Waals surface area contributed by atoms with Gasteiger partial charge in [-0.05, 0) is 31.0 Å². The van der Waals surface area contributed by atoms with E-state index in [1.54, 1.807) is 0 Å². The quantitative estimate of drug-likeness (QED) is 0.383. The van der Waals surface area contributed by atoms with Gasteiger partial charge < -0.3 is 0 Å². The highest BCUT2D eigenvalue weighted by Crippen LogP contribution is 2.25. The number of aryl methyl sites for hydroxylation is 2. The first kappa shape index (κ1) is 12.9. The third-order valence-corrected chi connectivity index (χ3v) is 3.65. The molecule has 4 nitrogen and oxygen atoms in total. The van der Waals surface area contributed by atoms with Gasteiger partial charge in [-0.2, -0.15) is 0 Å². The highest BCUT2D eigenvalue weighted by molar-refractivity contribution is 7.99. The van der Waals surface area contributed by atoms with E-state index in [4.69, 9.17) is 5.84 Å². The lowest BCUT2D eigenvalue weighted by atomic mass is 10.1. The summed E-state index contributed by atoms with van der Waals surface area (Å²) in [5, 5.41) is 2.00. The molecule has 0 unspecified atom stereocenters. The number of hydrogen-bond acceptors (Lipinski definition) is 4. The summed E-state index contributed by atoms with van der Waals surface area (Å²) in [5.41, 5.74) is 5.41. The number of hydrazine groups is 1. The molecule has 5 heteroatoms. The van der Waals surface area contributed by atoms with Crippen LogP contribution in [0, 0.1) is 13.8 Å². The number of hydrogen-bond donors (Lipinski definition) is 2. The monoisotopic (exact) mass is 261 g/mol. The Morgan fingerprint density at radius 2 is 2.17 bits per heavy atom. The van der Waals surface area contributed by atoms with Gasteiger partial charge in [0, 0.05) is 5.39 Å². The molecule has 1 aromatic heterocycles. The molecule has 94 valence electrons. The van der Waals surface area contributed by atoms with Crippen LogP contribution in [0.5, 0.6) is 0 Å². The SMILES string of the molecule is Cc1cc(SCC(=O)NN)nc2c(C)cccc12. The Kier molecular flexibility index (Phi) is 3.84. The Morgan fingerprint density at radius 1 is 1.39 bits per heavy atom. The van der Waals surface area contributed by atoms with Gasteiger partial charge in [0.15, 0.2) is 0 Å². The molecule has 1 aromatic carbocycles. The van der Waals surface area contributed by atoms with Crippen molar-refractivity contribution in [2.45, 2.75) is 18.9 Å². The van der Waals surface area contributed by atoms with Crippen LogP contribution in [0.4, 0.5) is 0 Å². The largest absolute Gasteiger partial charge is 0.294 e. The number of pyridine rings is 1. The smallest absolute Gasteiger partial charge is 0.244 e. The van der Waals surface area contributed by atoms with Crippen LogP contribution in [0.1, 0.15) is 11.1 Å². The van der Waals surface area contributed by atoms with Crippen molar-refractivity contribution in [3.63, 3.8) is 0 Å². The predicted molar refractivity (Wildman–Crippen MR) is 74.3 cm³/mol. The topological polar surface area (TPSA) is 68.0 Å². The van der Waals surface area contributed by atoms with E-state index in [2.05, 4.69) is 23.4 Å². The molecule has 0 atom stereocenters. The Morgan fingerprint density at radius 3 is 2.89 bits per heavy atom. The molecular formula is C13H15N3OS. The molecule has 0 radical (unpaired) electrons. The summed E-state index contributed by atoms with van der Waals surface area (Å²) in [6, 6.07) is 8.12. The normalized spacial score (nSPS) is 10.6. The van der Waals surface area contributed by atoms with Crippen molar-refractivity contribution in [2.24, 2.45) is 5.84 Å². The first-order valence-corrected chi connectivity index (χ1v) is 6.59. The van der Waals surface area contributed by atoms with Crippen molar-refractivity contribution in [1.82, 2.24) is 10.4 Å². The molecule has 0 aliphatic carbocycles. The number of nitrogens with zero attached hydrogens (tertiary/aromatic N) is 1. The van der Waals surface area contributed by atoms with Crippen LogP contribution in [-0.4, -0.2) is 16.6 Å². The minimum Gasteiger partial charge on any atom is -0.294 e. The van der Waals surface area contributed by atoms with Crippen LogP contribution in [0.3, 0.4) is 0 Å². The summed E-state index contributed by atoms with van der Waals surface area (Å²) in [6.07, 6.45) is 0. The lowest BCUT2D eigenvalue weighted by molar-refractivity contribution is -0.118. The minimum atomic E-state index is -0.204. The van der Waals surface area contributed by atoms with Crippen molar-refractivity contribution < 1.29 is 4.79 Å². The zero-order valence-electron chi connectivity index (χ0n) is 10.4. The maximum atomic E-state index is 11.1. The van der Waals surface area contributed by atoms with Crippen LogP contribution in [-0.2, 0) is 4.79 Å². The van der Waals surface area contributed by atoms with E-state index in [1.807, 2.05) is 25.1 Å². The van der Waals surface area contributed by atoms with Crippen molar-refractivity contribution >= 4 is 28.6 Å². The van der Waals surface area contributed by atoms with Gasteiger partial charge in [-0.15, -0.1) is 0 Å². The van der Waals surface area contributed by atoms with Crippen molar-refractivity contribution in [2.75, 3.05) is 5.75 Å². The number of carbonyl (C=O) groups is 1. The number of nitrogens with two attached hydrogens (primary N) is 1. The summed E-state index contributed by atoms with van der Waals surface area (Å²) < 4.78 is 0. The number of carbonyl (C=O) groups excluding carboxylic acids is 1. The maximum Gasteiger partial charge on any atom is 0.244 e. The predicted octanol–water partition coefficient (Wildman–Crippen LogP) is 1.93. The zero-order chi connectivity index (χ0) is 13.1. The molecule has 0 saturated carbocycles. The van der Waals surface area contributed by atoms with Crippen LogP contribution >= 0.6 is 11.8 Å². The minimum absolute atomic E-state index is 0.204. The molecule has 3 N–H and O–H groups in total.